The van der Waals surface area contributed by atoms with E-state index in [0.29, 0.717) is 42.0 Å². The van der Waals surface area contributed by atoms with Crippen LogP contribution in [0.25, 0.3) is 0 Å². The van der Waals surface area contributed by atoms with Gasteiger partial charge in [0.1, 0.15) is 5.75 Å². The number of aliphatic hydroxyl groups is 1. The Labute approximate surface area is 282 Å². The van der Waals surface area contributed by atoms with Crippen LogP contribution in [0.3, 0.4) is 0 Å². The molecule has 8 nitrogen and oxygen atoms in total. The molecule has 0 radical (unpaired) electrons. The molecule has 0 amide bonds. The van der Waals surface area contributed by atoms with Gasteiger partial charge in [0, 0.05) is 35.4 Å². The molecule has 3 aliphatic carbocycles. The van der Waals surface area contributed by atoms with Crippen molar-refractivity contribution in [3.8, 4) is 23.0 Å². The Morgan fingerprint density at radius 1 is 1.02 bits per heavy atom. The molecule has 254 valence electrons. The van der Waals surface area contributed by atoms with Crippen LogP contribution in [0.1, 0.15) is 97.1 Å². The summed E-state index contributed by atoms with van der Waals surface area (Å²) >= 11 is 0. The van der Waals surface area contributed by atoms with Gasteiger partial charge in [-0.05, 0) is 98.9 Å². The molecule has 1 aromatic heterocycles. The van der Waals surface area contributed by atoms with Crippen molar-refractivity contribution < 1.29 is 29.9 Å². The van der Waals surface area contributed by atoms with E-state index < -0.39 is 12.2 Å². The van der Waals surface area contributed by atoms with E-state index in [1.54, 1.807) is 24.0 Å². The van der Waals surface area contributed by atoms with E-state index in [4.69, 9.17) is 9.47 Å². The molecule has 8 heteroatoms. The lowest BCUT2D eigenvalue weighted by molar-refractivity contribution is -0.154. The minimum Gasteiger partial charge on any atom is -0.670 e. The fraction of sp³-hybridized carbons (Fsp3) is 0.500. The lowest BCUT2D eigenvalue weighted by atomic mass is 9.65. The number of allylic oxidation sites excluding steroid dienone is 3. The highest BCUT2D eigenvalue weighted by Crippen LogP contribution is 2.52. The summed E-state index contributed by atoms with van der Waals surface area (Å²) in [6.07, 6.45) is 17.5. The number of hydrogen-bond donors (Lipinski definition) is 5. The van der Waals surface area contributed by atoms with Gasteiger partial charge in [0.2, 0.25) is 5.75 Å². The van der Waals surface area contributed by atoms with E-state index >= 15 is 0 Å². The normalized spacial score (nSPS) is 32.9. The first-order chi connectivity index (χ1) is 23.4. The van der Waals surface area contributed by atoms with Crippen molar-refractivity contribution in [2.75, 3.05) is 13.7 Å². The van der Waals surface area contributed by atoms with E-state index in [0.717, 1.165) is 48.9 Å². The third kappa shape index (κ3) is 5.71. The first kappa shape index (κ1) is 31.5. The average molecular weight is 652 g/mol. The molecule has 0 unspecified atom stereocenters. The summed E-state index contributed by atoms with van der Waals surface area (Å²) in [6, 6.07) is 10.2. The summed E-state index contributed by atoms with van der Waals surface area (Å²) in [7, 11) is 1.48. The Morgan fingerprint density at radius 3 is 2.75 bits per heavy atom. The van der Waals surface area contributed by atoms with Crippen LogP contribution in [-0.4, -0.2) is 52.3 Å². The number of aromatic nitrogens is 1. The molecule has 2 aromatic carbocycles. The second-order valence-corrected chi connectivity index (χ2v) is 14.8. The van der Waals surface area contributed by atoms with Gasteiger partial charge in [-0.25, -0.2) is 0 Å². The molecular weight excluding hydrogens is 604 g/mol. The van der Waals surface area contributed by atoms with Crippen LogP contribution < -0.4 is 15.0 Å². The highest BCUT2D eigenvalue weighted by Gasteiger charge is 2.44. The lowest BCUT2D eigenvalue weighted by Crippen LogP contribution is -2.44. The molecule has 3 fully saturated rings. The molecule has 8 rings (SSSR count). The van der Waals surface area contributed by atoms with E-state index in [2.05, 4.69) is 40.7 Å². The second kappa shape index (κ2) is 13.0. The van der Waals surface area contributed by atoms with Crippen LogP contribution in [0.2, 0.25) is 0 Å². The average Bonchev–Trinajstić information content (AvgIpc) is 3.62. The second-order valence-electron chi connectivity index (χ2n) is 14.8. The first-order valence-corrected chi connectivity index (χ1v) is 17.8. The molecular formula is C40H47N2O6-. The number of piperidine rings is 1. The minimum absolute atomic E-state index is 0.0253. The van der Waals surface area contributed by atoms with E-state index in [1.165, 1.54) is 31.9 Å². The quantitative estimate of drug-likeness (QED) is 0.151. The fourth-order valence-corrected chi connectivity index (χ4v) is 9.66. The maximum Gasteiger partial charge on any atom is 0.200 e. The highest BCUT2D eigenvalue weighted by atomic mass is 16.5. The SMILES string of the molecule is COc1c(O)c(O)cc([C@@H]2C[C@H](O)[C@@H]3CC[C@@H](c4ccc(O)c([C@H]5C=CC[C@H]6C[C@H]7NCCCC7=C[C@H]65)c4)C[C@@H]3O2)c1Cc1cc[n-]c1. The maximum absolute atomic E-state index is 11.5. The third-order valence-electron chi connectivity index (χ3n) is 12.1. The number of benzene rings is 2. The maximum atomic E-state index is 11.5. The molecule has 3 aromatic rings. The van der Waals surface area contributed by atoms with Gasteiger partial charge in [-0.3, -0.25) is 0 Å². The van der Waals surface area contributed by atoms with E-state index in [-0.39, 0.29) is 41.1 Å². The number of aromatic hydroxyl groups is 3. The van der Waals surface area contributed by atoms with Gasteiger partial charge in [0.05, 0.1) is 25.4 Å². The Kier molecular flexibility index (Phi) is 8.51. The van der Waals surface area contributed by atoms with Gasteiger partial charge in [-0.2, -0.15) is 12.4 Å². The molecule has 2 aliphatic heterocycles. The number of hydrogen-bond acceptors (Lipinski definition) is 7. The lowest BCUT2D eigenvalue weighted by Gasteiger charge is -2.45. The largest absolute Gasteiger partial charge is 0.670 e. The number of rotatable bonds is 6. The highest BCUT2D eigenvalue weighted by molar-refractivity contribution is 5.59. The molecule has 9 atom stereocenters. The van der Waals surface area contributed by atoms with Gasteiger partial charge in [0.15, 0.2) is 11.5 Å². The van der Waals surface area contributed by atoms with Crippen LogP contribution in [0.4, 0.5) is 0 Å². The standard InChI is InChI=1S/C40H47N2O6/c1-47-40-32(14-22-11-13-41-21-22)31(19-36(45)39(40)46)38-20-35(44)28-9-7-24(18-37(28)48-38)23-8-10-34(43)30(15-23)27-6-2-4-25-17-33-26(16-29(25)27)5-3-12-42-33/h2,6,8,10-11,13,15-16,19,21,24-25,27-29,33,35,37-38,42-46H,3-5,7,9,12,14,17-18,20H2,1H3/q-1/t24-,25+,27+,28+,29-,33-,35+,37+,38+/m1/s1. The van der Waals surface area contributed by atoms with Crippen LogP contribution in [0.15, 0.2) is 66.5 Å². The summed E-state index contributed by atoms with van der Waals surface area (Å²) in [4.78, 5) is 4.19. The third-order valence-corrected chi connectivity index (χ3v) is 12.1. The summed E-state index contributed by atoms with van der Waals surface area (Å²) in [6.45, 7) is 1.10. The number of nitrogens with zero attached hydrogens (tertiary/aromatic N) is 1. The van der Waals surface area contributed by atoms with Crippen molar-refractivity contribution in [3.05, 3.63) is 94.3 Å². The van der Waals surface area contributed by atoms with Crippen molar-refractivity contribution in [2.24, 2.45) is 17.8 Å². The smallest absolute Gasteiger partial charge is 0.200 e. The number of methoxy groups -OCH3 is 1. The molecule has 2 saturated heterocycles. The van der Waals surface area contributed by atoms with Crippen molar-refractivity contribution in [1.82, 2.24) is 10.3 Å². The zero-order valence-corrected chi connectivity index (χ0v) is 27.6. The molecule has 0 bridgehead atoms. The number of phenolic OH excluding ortho intramolecular Hbond substituents is 3. The van der Waals surface area contributed by atoms with Gasteiger partial charge in [-0.15, -0.1) is 0 Å². The molecule has 48 heavy (non-hydrogen) atoms. The van der Waals surface area contributed by atoms with Crippen molar-refractivity contribution >= 4 is 0 Å². The molecule has 5 N–H and O–H groups in total. The number of aliphatic hydroxyl groups excluding tert-OH is 1. The number of ether oxygens (including phenoxy) is 2. The fourth-order valence-electron chi connectivity index (χ4n) is 9.66. The molecule has 5 aliphatic rings. The molecule has 3 heterocycles. The molecule has 1 saturated carbocycles. The Balaban J connectivity index is 1.06. The van der Waals surface area contributed by atoms with Gasteiger partial charge >= 0.3 is 0 Å². The van der Waals surface area contributed by atoms with Gasteiger partial charge < -0.3 is 40.2 Å². The van der Waals surface area contributed by atoms with Gasteiger partial charge in [-0.1, -0.05) is 47.6 Å². The van der Waals surface area contributed by atoms with Crippen LogP contribution in [0.5, 0.6) is 23.0 Å². The van der Waals surface area contributed by atoms with E-state index in [9.17, 15) is 20.4 Å². The Morgan fingerprint density at radius 2 is 1.92 bits per heavy atom. The van der Waals surface area contributed by atoms with E-state index in [1.807, 2.05) is 12.1 Å². The molecule has 0 spiro atoms. The Bertz CT molecular complexity index is 1700. The zero-order valence-electron chi connectivity index (χ0n) is 27.6. The number of nitrogens with one attached hydrogen (secondary N) is 1. The van der Waals surface area contributed by atoms with Crippen molar-refractivity contribution in [1.29, 1.82) is 0 Å². The minimum atomic E-state index is -0.554. The summed E-state index contributed by atoms with van der Waals surface area (Å²) < 4.78 is 12.4. The predicted molar refractivity (Wildman–Crippen MR) is 183 cm³/mol. The summed E-state index contributed by atoms with van der Waals surface area (Å²) in [5.74, 6) is 1.39. The summed E-state index contributed by atoms with van der Waals surface area (Å²) in [5, 5.41) is 47.7. The van der Waals surface area contributed by atoms with Crippen LogP contribution >= 0.6 is 0 Å². The monoisotopic (exact) mass is 651 g/mol. The van der Waals surface area contributed by atoms with Crippen LogP contribution in [-0.2, 0) is 11.2 Å². The summed E-state index contributed by atoms with van der Waals surface area (Å²) in [5.41, 5.74) is 6.16. The first-order valence-electron chi connectivity index (χ1n) is 17.8. The zero-order chi connectivity index (χ0) is 32.9. The van der Waals surface area contributed by atoms with Crippen molar-refractivity contribution in [2.45, 2.75) is 94.0 Å². The Hall–Kier alpha value is -3.72. The van der Waals surface area contributed by atoms with Crippen molar-refractivity contribution in [3.63, 3.8) is 0 Å². The predicted octanol–water partition coefficient (Wildman–Crippen LogP) is 6.49. The number of fused-ring (bicyclic) bond motifs is 3. The topological polar surface area (TPSA) is 126 Å². The van der Waals surface area contributed by atoms with Gasteiger partial charge in [0.25, 0.3) is 0 Å². The number of phenols is 3. The van der Waals surface area contributed by atoms with Crippen LogP contribution in [0, 0.1) is 17.8 Å².